The van der Waals surface area contributed by atoms with Gasteiger partial charge in [-0.3, -0.25) is 17.9 Å². The number of aromatic nitrogens is 6. The molecular formula is C32H27BrN6. The smallest absolute Gasteiger partial charge is 0.219 e. The lowest BCUT2D eigenvalue weighted by Crippen LogP contribution is -1.95. The van der Waals surface area contributed by atoms with Gasteiger partial charge in [-0.1, -0.05) is 65.8 Å². The van der Waals surface area contributed by atoms with Gasteiger partial charge < -0.3 is 0 Å². The van der Waals surface area contributed by atoms with Crippen LogP contribution in [-0.2, 0) is 0 Å². The lowest BCUT2D eigenvalue weighted by Gasteiger charge is -2.05. The van der Waals surface area contributed by atoms with Crippen molar-refractivity contribution in [2.24, 2.45) is 0 Å². The third-order valence-corrected chi connectivity index (χ3v) is 7.20. The Morgan fingerprint density at radius 3 is 2.18 bits per heavy atom. The summed E-state index contributed by atoms with van der Waals surface area (Å²) in [6.07, 6.45) is 7.93. The van der Waals surface area contributed by atoms with Gasteiger partial charge in [0.05, 0.1) is 22.1 Å². The van der Waals surface area contributed by atoms with Gasteiger partial charge in [0.2, 0.25) is 11.6 Å². The predicted molar refractivity (Wildman–Crippen MR) is 163 cm³/mol. The summed E-state index contributed by atoms with van der Waals surface area (Å²) < 4.78 is 9.58. The van der Waals surface area contributed by atoms with Gasteiger partial charge >= 0.3 is 0 Å². The van der Waals surface area contributed by atoms with Crippen molar-refractivity contribution in [3.05, 3.63) is 132 Å². The molecular weight excluding hydrogens is 548 g/mol. The van der Waals surface area contributed by atoms with Crippen molar-refractivity contribution in [3.63, 3.8) is 0 Å². The Morgan fingerprint density at radius 1 is 0.641 bits per heavy atom. The van der Waals surface area contributed by atoms with Crippen LogP contribution in [0.3, 0.4) is 0 Å². The second kappa shape index (κ2) is 9.93. The van der Waals surface area contributed by atoms with E-state index < -0.39 is 0 Å². The Hall–Kier alpha value is -4.62. The first-order valence-electron chi connectivity index (χ1n) is 12.4. The highest BCUT2D eigenvalue weighted by Gasteiger charge is 2.12. The lowest BCUT2D eigenvalue weighted by atomic mass is 10.2. The molecule has 0 aliphatic heterocycles. The van der Waals surface area contributed by atoms with E-state index in [0.29, 0.717) is 0 Å². The molecule has 7 heteroatoms. The number of hydrogen-bond donors (Lipinski definition) is 0. The fourth-order valence-electron chi connectivity index (χ4n) is 5.01. The number of benzene rings is 4. The van der Waals surface area contributed by atoms with Crippen molar-refractivity contribution in [3.8, 4) is 11.4 Å². The molecule has 0 spiro atoms. The van der Waals surface area contributed by atoms with Crippen molar-refractivity contribution in [2.75, 3.05) is 0 Å². The van der Waals surface area contributed by atoms with Crippen LogP contribution in [0.15, 0.2) is 126 Å². The zero-order valence-corrected chi connectivity index (χ0v) is 22.2. The van der Waals surface area contributed by atoms with E-state index in [9.17, 15) is 0 Å². The molecule has 0 atom stereocenters. The molecule has 0 N–H and O–H groups in total. The normalized spacial score (nSPS) is 11.1. The quantitative estimate of drug-likeness (QED) is 0.208. The minimum absolute atomic E-state index is 0. The van der Waals surface area contributed by atoms with E-state index in [2.05, 4.69) is 113 Å². The molecule has 0 radical (unpaired) electrons. The van der Waals surface area contributed by atoms with Crippen LogP contribution in [0.2, 0.25) is 0 Å². The molecule has 8 rings (SSSR count). The first kappa shape index (κ1) is 24.7. The zero-order chi connectivity index (χ0) is 25.6. The first-order chi connectivity index (χ1) is 18.7. The highest BCUT2D eigenvalue weighted by Crippen LogP contribution is 2.25. The average Bonchev–Trinajstić information content (AvgIpc) is 3.69. The number of imidazole rings is 4. The molecule has 4 aromatic heterocycles. The molecule has 39 heavy (non-hydrogen) atoms. The summed E-state index contributed by atoms with van der Waals surface area (Å²) in [6.45, 7) is 2.11. The molecule has 192 valence electrons. The summed E-state index contributed by atoms with van der Waals surface area (Å²) in [5, 5.41) is 0. The number of nitrogens with zero attached hydrogens (tertiary/aromatic N) is 6. The average molecular weight is 576 g/mol. The highest BCUT2D eigenvalue weighted by molar-refractivity contribution is 9.10. The van der Waals surface area contributed by atoms with Crippen LogP contribution in [0.1, 0.15) is 13.0 Å². The second-order valence-electron chi connectivity index (χ2n) is 9.18. The molecule has 4 heterocycles. The minimum Gasteiger partial charge on any atom is -0.286 e. The third-order valence-electron chi connectivity index (χ3n) is 6.71. The maximum atomic E-state index is 4.69. The maximum absolute atomic E-state index is 4.69. The van der Waals surface area contributed by atoms with Gasteiger partial charge in [0, 0.05) is 40.6 Å². The summed E-state index contributed by atoms with van der Waals surface area (Å²) in [7, 11) is 0. The zero-order valence-electron chi connectivity index (χ0n) is 20.6. The van der Waals surface area contributed by atoms with E-state index in [1.165, 1.54) is 16.6 Å². The Kier molecular flexibility index (Phi) is 6.29. The van der Waals surface area contributed by atoms with Crippen molar-refractivity contribution in [2.45, 2.75) is 14.4 Å². The SMILES string of the molecule is Brc1cccc(-n2ccn3c4ccccc4nc23)c1.C.Cc1cccc(-n2c3ccccc3n3ccnc23)c1. The van der Waals surface area contributed by atoms with E-state index >= 15 is 0 Å². The number of para-hydroxylation sites is 4. The molecule has 0 unspecified atom stereocenters. The summed E-state index contributed by atoms with van der Waals surface area (Å²) in [5.74, 6) is 1.88. The van der Waals surface area contributed by atoms with E-state index in [1.807, 2.05) is 55.1 Å². The van der Waals surface area contributed by atoms with Gasteiger partial charge in [0.25, 0.3) is 0 Å². The maximum Gasteiger partial charge on any atom is 0.219 e. The molecule has 0 bridgehead atoms. The monoisotopic (exact) mass is 574 g/mol. The van der Waals surface area contributed by atoms with Crippen molar-refractivity contribution in [1.29, 1.82) is 0 Å². The Balaban J connectivity index is 0.000000138. The number of hydrogen-bond acceptors (Lipinski definition) is 2. The number of rotatable bonds is 2. The highest BCUT2D eigenvalue weighted by atomic mass is 79.9. The van der Waals surface area contributed by atoms with Crippen LogP contribution >= 0.6 is 15.9 Å². The fourth-order valence-corrected chi connectivity index (χ4v) is 5.40. The molecule has 0 amide bonds. The number of fused-ring (bicyclic) bond motifs is 6. The molecule has 0 aliphatic rings. The number of halogens is 1. The Labute approximate surface area is 234 Å². The Bertz CT molecular complexity index is 2070. The standard InChI is InChI=1S/C16H13N3.C15H10BrN3.CH4/c1-12-5-4-6-13(11-12)19-15-8-3-2-7-14(15)18-10-9-17-16(18)19;16-11-4-3-5-12(10-11)18-8-9-19-14-7-2-1-6-13(14)17-15(18)19;/h2-11H,1H3;1-10H;1H4. The second-order valence-corrected chi connectivity index (χ2v) is 10.1. The minimum atomic E-state index is 0. The lowest BCUT2D eigenvalue weighted by molar-refractivity contribution is 1.08. The van der Waals surface area contributed by atoms with E-state index in [0.717, 1.165) is 38.4 Å². The largest absolute Gasteiger partial charge is 0.286 e. The van der Waals surface area contributed by atoms with E-state index in [4.69, 9.17) is 4.98 Å². The van der Waals surface area contributed by atoms with Gasteiger partial charge in [-0.2, -0.15) is 0 Å². The fraction of sp³-hybridized carbons (Fsp3) is 0.0625. The van der Waals surface area contributed by atoms with Gasteiger partial charge in [-0.05, 0) is 67.1 Å². The van der Waals surface area contributed by atoms with Gasteiger partial charge in [0.1, 0.15) is 0 Å². The van der Waals surface area contributed by atoms with E-state index in [-0.39, 0.29) is 7.43 Å². The number of aryl methyl sites for hydroxylation is 1. The van der Waals surface area contributed by atoms with Gasteiger partial charge in [0.15, 0.2) is 0 Å². The van der Waals surface area contributed by atoms with Crippen LogP contribution in [0, 0.1) is 6.92 Å². The molecule has 0 fully saturated rings. The summed E-state index contributed by atoms with van der Waals surface area (Å²) in [5.41, 5.74) is 8.00. The molecule has 6 nitrogen and oxygen atoms in total. The van der Waals surface area contributed by atoms with Crippen LogP contribution in [0.25, 0.3) is 45.0 Å². The van der Waals surface area contributed by atoms with Crippen molar-refractivity contribution in [1.82, 2.24) is 27.9 Å². The van der Waals surface area contributed by atoms with Crippen LogP contribution in [0.5, 0.6) is 0 Å². The molecule has 0 aliphatic carbocycles. The molecule has 8 aromatic rings. The van der Waals surface area contributed by atoms with Crippen LogP contribution in [-0.4, -0.2) is 27.9 Å². The predicted octanol–water partition coefficient (Wildman–Crippen LogP) is 8.26. The van der Waals surface area contributed by atoms with Crippen LogP contribution in [0.4, 0.5) is 0 Å². The summed E-state index contributed by atoms with van der Waals surface area (Å²) >= 11 is 3.51. The van der Waals surface area contributed by atoms with Gasteiger partial charge in [-0.15, -0.1) is 0 Å². The Morgan fingerprint density at radius 2 is 1.36 bits per heavy atom. The summed E-state index contributed by atoms with van der Waals surface area (Å²) in [4.78, 5) is 9.18. The molecule has 0 saturated heterocycles. The van der Waals surface area contributed by atoms with Crippen LogP contribution < -0.4 is 0 Å². The van der Waals surface area contributed by atoms with Crippen molar-refractivity contribution >= 4 is 49.6 Å². The molecule has 0 saturated carbocycles. The van der Waals surface area contributed by atoms with Gasteiger partial charge in [-0.25, -0.2) is 9.97 Å². The third kappa shape index (κ3) is 4.21. The summed E-state index contributed by atoms with van der Waals surface area (Å²) in [6, 6.07) is 33.2. The van der Waals surface area contributed by atoms with E-state index in [1.54, 1.807) is 0 Å². The first-order valence-corrected chi connectivity index (χ1v) is 13.2. The molecule has 4 aromatic carbocycles. The topological polar surface area (TPSA) is 44.5 Å². The van der Waals surface area contributed by atoms with Crippen molar-refractivity contribution < 1.29 is 0 Å².